The van der Waals surface area contributed by atoms with Gasteiger partial charge in [-0.2, -0.15) is 0 Å². The summed E-state index contributed by atoms with van der Waals surface area (Å²) in [5, 5.41) is 3.53. The molecule has 1 aliphatic rings. The molecule has 1 unspecified atom stereocenters. The molecule has 1 atom stereocenters. The quantitative estimate of drug-likeness (QED) is 0.236. The van der Waals surface area contributed by atoms with E-state index in [4.69, 9.17) is 14.5 Å². The van der Waals surface area contributed by atoms with E-state index in [0.717, 1.165) is 60.5 Å². The number of benzene rings is 3. The molecule has 0 spiro atoms. The lowest BCUT2D eigenvalue weighted by molar-refractivity contribution is 0.0673. The first kappa shape index (κ1) is 33.5. The summed E-state index contributed by atoms with van der Waals surface area (Å²) in [6, 6.07) is 27.3. The van der Waals surface area contributed by atoms with Crippen LogP contribution in [0.1, 0.15) is 35.4 Å². The van der Waals surface area contributed by atoms with Crippen LogP contribution in [-0.4, -0.2) is 55.3 Å². The van der Waals surface area contributed by atoms with Crippen LogP contribution >= 0.6 is 37.2 Å². The van der Waals surface area contributed by atoms with Crippen LogP contribution in [0.15, 0.2) is 78.9 Å². The molecule has 0 bridgehead atoms. The lowest BCUT2D eigenvalue weighted by atomic mass is 9.72. The van der Waals surface area contributed by atoms with Crippen LogP contribution in [0.3, 0.4) is 0 Å². The molecular formula is C31H39Cl3N4O2. The van der Waals surface area contributed by atoms with E-state index >= 15 is 0 Å². The fourth-order valence-corrected chi connectivity index (χ4v) is 5.72. The molecule has 0 radical (unpaired) electrons. The summed E-state index contributed by atoms with van der Waals surface area (Å²) < 4.78 is 11.0. The van der Waals surface area contributed by atoms with Crippen LogP contribution in [0.2, 0.25) is 0 Å². The molecule has 9 heteroatoms. The Bertz CT molecular complexity index is 1260. The van der Waals surface area contributed by atoms with Crippen molar-refractivity contribution in [1.82, 2.24) is 20.2 Å². The monoisotopic (exact) mass is 604 g/mol. The highest BCUT2D eigenvalue weighted by Crippen LogP contribution is 2.47. The summed E-state index contributed by atoms with van der Waals surface area (Å²) in [4.78, 5) is 11.5. The molecule has 1 aromatic heterocycles. The van der Waals surface area contributed by atoms with Gasteiger partial charge >= 0.3 is 0 Å². The number of methoxy groups -OCH3 is 2. The van der Waals surface area contributed by atoms with Crippen molar-refractivity contribution in [3.8, 4) is 22.9 Å². The number of ether oxygens (including phenoxy) is 2. The number of hydrogen-bond donors (Lipinski definition) is 2. The third kappa shape index (κ3) is 6.59. The average molecular weight is 606 g/mol. The number of imidazole rings is 1. The number of rotatable bonds is 8. The molecule has 5 rings (SSSR count). The van der Waals surface area contributed by atoms with E-state index < -0.39 is 5.54 Å². The predicted octanol–water partition coefficient (Wildman–Crippen LogP) is 6.62. The van der Waals surface area contributed by atoms with E-state index in [2.05, 4.69) is 102 Å². The number of nitrogens with one attached hydrogen (secondary N) is 2. The third-order valence-electron chi connectivity index (χ3n) is 7.65. The second-order valence-corrected chi connectivity index (χ2v) is 9.79. The Hall–Kier alpha value is -2.74. The third-order valence-corrected chi connectivity index (χ3v) is 7.65. The van der Waals surface area contributed by atoms with Crippen molar-refractivity contribution >= 4 is 37.2 Å². The van der Waals surface area contributed by atoms with Crippen LogP contribution in [0.5, 0.6) is 11.5 Å². The van der Waals surface area contributed by atoms with Gasteiger partial charge < -0.3 is 19.8 Å². The Morgan fingerprint density at radius 2 is 1.27 bits per heavy atom. The summed E-state index contributed by atoms with van der Waals surface area (Å²) >= 11 is 0. The van der Waals surface area contributed by atoms with E-state index in [-0.39, 0.29) is 43.1 Å². The first-order valence-electron chi connectivity index (χ1n) is 12.9. The van der Waals surface area contributed by atoms with Gasteiger partial charge in [0, 0.05) is 43.4 Å². The zero-order valence-corrected chi connectivity index (χ0v) is 25.8. The summed E-state index contributed by atoms with van der Waals surface area (Å²) in [5.74, 6) is 2.62. The van der Waals surface area contributed by atoms with Gasteiger partial charge in [-0.1, -0.05) is 54.6 Å². The van der Waals surface area contributed by atoms with Gasteiger partial charge in [-0.05, 0) is 49.2 Å². The maximum absolute atomic E-state index is 5.49. The minimum absolute atomic E-state index is 0. The second-order valence-electron chi connectivity index (χ2n) is 9.79. The lowest BCUT2D eigenvalue weighted by Gasteiger charge is -2.48. The Balaban J connectivity index is 0.00000187. The molecule has 4 aromatic rings. The Morgan fingerprint density at radius 3 is 1.75 bits per heavy atom. The molecular weight excluding hydrogens is 567 g/mol. The van der Waals surface area contributed by atoms with Crippen LogP contribution < -0.4 is 14.8 Å². The molecule has 0 amide bonds. The number of aryl methyl sites for hydroxylation is 1. The molecule has 0 saturated carbocycles. The Kier molecular flexibility index (Phi) is 12.4. The van der Waals surface area contributed by atoms with E-state index in [1.165, 1.54) is 11.1 Å². The van der Waals surface area contributed by atoms with Crippen molar-refractivity contribution in [2.45, 2.75) is 25.3 Å². The molecule has 40 heavy (non-hydrogen) atoms. The highest BCUT2D eigenvalue weighted by Gasteiger charge is 2.46. The molecule has 6 nitrogen and oxygen atoms in total. The van der Waals surface area contributed by atoms with E-state index in [0.29, 0.717) is 0 Å². The van der Waals surface area contributed by atoms with Crippen molar-refractivity contribution in [2.75, 3.05) is 40.4 Å². The first-order chi connectivity index (χ1) is 18.0. The standard InChI is InChI=1S/C31H36N4O2.3ClH/c1-22-29(34-30(33-22)25-8-6-5-7-9-25)31(2,35-20-18-32-19-21-35)28(23-10-14-26(36-3)15-11-23)24-12-16-27(37-4)17-13-24;;;/h5-17,28,32H,18-21H2,1-4H3,(H,33,34);3*1H. The first-order valence-corrected chi connectivity index (χ1v) is 12.9. The van der Waals surface area contributed by atoms with E-state index in [1.54, 1.807) is 14.2 Å². The Labute approximate surface area is 256 Å². The number of hydrogen-bond acceptors (Lipinski definition) is 5. The van der Waals surface area contributed by atoms with E-state index in [1.807, 2.05) is 6.07 Å². The minimum atomic E-state index is -0.418. The summed E-state index contributed by atoms with van der Waals surface area (Å²) in [7, 11) is 3.41. The largest absolute Gasteiger partial charge is 0.497 e. The average Bonchev–Trinajstić information content (AvgIpc) is 3.37. The van der Waals surface area contributed by atoms with Crippen molar-refractivity contribution in [2.24, 2.45) is 0 Å². The van der Waals surface area contributed by atoms with Crippen molar-refractivity contribution in [3.05, 3.63) is 101 Å². The number of aromatic amines is 1. The Morgan fingerprint density at radius 1 is 0.775 bits per heavy atom. The fraction of sp³-hybridized carbons (Fsp3) is 0.323. The van der Waals surface area contributed by atoms with Gasteiger partial charge in [0.1, 0.15) is 17.3 Å². The topological polar surface area (TPSA) is 62.4 Å². The molecule has 216 valence electrons. The molecule has 2 N–H and O–H groups in total. The number of halogens is 3. The van der Waals surface area contributed by atoms with Crippen LogP contribution in [-0.2, 0) is 5.54 Å². The molecule has 2 heterocycles. The van der Waals surface area contributed by atoms with Crippen LogP contribution in [0.4, 0.5) is 0 Å². The second kappa shape index (κ2) is 14.8. The van der Waals surface area contributed by atoms with E-state index in [9.17, 15) is 0 Å². The van der Waals surface area contributed by atoms with Crippen molar-refractivity contribution in [1.29, 1.82) is 0 Å². The van der Waals surface area contributed by atoms with Crippen LogP contribution in [0, 0.1) is 6.92 Å². The summed E-state index contributed by atoms with van der Waals surface area (Å²) in [5.41, 5.74) is 5.27. The molecule has 3 aromatic carbocycles. The van der Waals surface area contributed by atoms with Gasteiger partial charge in [-0.3, -0.25) is 4.90 Å². The van der Waals surface area contributed by atoms with Crippen molar-refractivity contribution < 1.29 is 9.47 Å². The van der Waals surface area contributed by atoms with Crippen molar-refractivity contribution in [3.63, 3.8) is 0 Å². The summed E-state index contributed by atoms with van der Waals surface area (Å²) in [6.07, 6.45) is 0. The van der Waals surface area contributed by atoms with Gasteiger partial charge in [0.15, 0.2) is 0 Å². The zero-order chi connectivity index (χ0) is 25.8. The molecule has 1 aliphatic heterocycles. The maximum Gasteiger partial charge on any atom is 0.137 e. The maximum atomic E-state index is 5.49. The SMILES string of the molecule is COc1ccc(C(c2ccc(OC)cc2)C(C)(c2nc(-c3ccccc3)[nH]c2C)N2CCNCC2)cc1.Cl.Cl.Cl. The summed E-state index contributed by atoms with van der Waals surface area (Å²) in [6.45, 7) is 8.27. The minimum Gasteiger partial charge on any atom is -0.497 e. The smallest absolute Gasteiger partial charge is 0.137 e. The number of piperazine rings is 1. The van der Waals surface area contributed by atoms with Gasteiger partial charge in [0.25, 0.3) is 0 Å². The lowest BCUT2D eigenvalue weighted by Crippen LogP contribution is -2.56. The molecule has 1 saturated heterocycles. The zero-order valence-electron chi connectivity index (χ0n) is 23.3. The number of H-pyrrole nitrogens is 1. The fourth-order valence-electron chi connectivity index (χ4n) is 5.72. The predicted molar refractivity (Wildman–Crippen MR) is 170 cm³/mol. The van der Waals surface area contributed by atoms with Gasteiger partial charge in [0.2, 0.25) is 0 Å². The number of aromatic nitrogens is 2. The highest BCUT2D eigenvalue weighted by atomic mass is 35.5. The molecule has 0 aliphatic carbocycles. The van der Waals surface area contributed by atoms with Gasteiger partial charge in [-0.25, -0.2) is 4.98 Å². The number of nitrogens with zero attached hydrogens (tertiary/aromatic N) is 2. The molecule has 1 fully saturated rings. The van der Waals surface area contributed by atoms with Gasteiger partial charge in [0.05, 0.1) is 25.5 Å². The van der Waals surface area contributed by atoms with Gasteiger partial charge in [-0.15, -0.1) is 37.2 Å². The normalized spacial score (nSPS) is 14.7. The highest BCUT2D eigenvalue weighted by molar-refractivity contribution is 5.86. The van der Waals surface area contributed by atoms with Crippen LogP contribution in [0.25, 0.3) is 11.4 Å².